The van der Waals surface area contributed by atoms with E-state index in [9.17, 15) is 4.79 Å². The molecule has 0 saturated carbocycles. The molecule has 2 N–H and O–H groups in total. The smallest absolute Gasteiger partial charge is 0.409 e. The van der Waals surface area contributed by atoms with E-state index >= 15 is 0 Å². The van der Waals surface area contributed by atoms with E-state index < -0.39 is 0 Å². The number of ether oxygens (including phenoxy) is 1. The molecule has 0 atom stereocenters. The number of hydrogen-bond acceptors (Lipinski definition) is 3. The molecule has 4 nitrogen and oxygen atoms in total. The van der Waals surface area contributed by atoms with Crippen LogP contribution in [-0.4, -0.2) is 37.2 Å². The molecular weight excluding hydrogens is 156 g/mol. The molecule has 0 radical (unpaired) electrons. The monoisotopic (exact) mass is 174 g/mol. The second kappa shape index (κ2) is 6.91. The molecule has 12 heavy (non-hydrogen) atoms. The van der Waals surface area contributed by atoms with E-state index in [0.29, 0.717) is 19.7 Å². The van der Waals surface area contributed by atoms with Gasteiger partial charge in [0.05, 0.1) is 6.61 Å². The third kappa shape index (κ3) is 4.18. The van der Waals surface area contributed by atoms with Crippen LogP contribution in [0.1, 0.15) is 20.3 Å². The van der Waals surface area contributed by atoms with E-state index in [1.165, 1.54) is 0 Å². The van der Waals surface area contributed by atoms with Gasteiger partial charge in [-0.1, -0.05) is 6.92 Å². The predicted octanol–water partition coefficient (Wildman–Crippen LogP) is 0.814. The van der Waals surface area contributed by atoms with Gasteiger partial charge in [-0.3, -0.25) is 0 Å². The number of carbonyl (C=O) groups is 1. The molecule has 72 valence electrons. The SMILES string of the molecule is CCCN(CCN)C(=O)OCC. The minimum atomic E-state index is -0.259. The zero-order valence-electron chi connectivity index (χ0n) is 7.88. The molecule has 0 unspecified atom stereocenters. The van der Waals surface area contributed by atoms with Crippen molar-refractivity contribution in [2.75, 3.05) is 26.2 Å². The van der Waals surface area contributed by atoms with Crippen LogP contribution in [0.25, 0.3) is 0 Å². The largest absolute Gasteiger partial charge is 0.450 e. The minimum absolute atomic E-state index is 0.259. The Labute approximate surface area is 73.7 Å². The maximum absolute atomic E-state index is 11.2. The fraction of sp³-hybridized carbons (Fsp3) is 0.875. The first kappa shape index (κ1) is 11.2. The summed E-state index contributed by atoms with van der Waals surface area (Å²) in [5.41, 5.74) is 5.34. The summed E-state index contributed by atoms with van der Waals surface area (Å²) in [6.45, 7) is 6.01. The van der Waals surface area contributed by atoms with E-state index in [2.05, 4.69) is 0 Å². The first-order valence-electron chi connectivity index (χ1n) is 4.38. The van der Waals surface area contributed by atoms with Crippen LogP contribution in [0.2, 0.25) is 0 Å². The first-order valence-corrected chi connectivity index (χ1v) is 4.38. The third-order valence-corrected chi connectivity index (χ3v) is 1.42. The standard InChI is InChI=1S/C8H18N2O2/c1-3-6-10(7-5-9)8(11)12-4-2/h3-7,9H2,1-2H3. The quantitative estimate of drug-likeness (QED) is 0.671. The molecule has 0 aromatic heterocycles. The van der Waals surface area contributed by atoms with Crippen molar-refractivity contribution in [3.8, 4) is 0 Å². The highest BCUT2D eigenvalue weighted by Crippen LogP contribution is 1.94. The predicted molar refractivity (Wildman–Crippen MR) is 47.9 cm³/mol. The van der Waals surface area contributed by atoms with E-state index in [0.717, 1.165) is 13.0 Å². The van der Waals surface area contributed by atoms with Crippen LogP contribution >= 0.6 is 0 Å². The molecular formula is C8H18N2O2. The summed E-state index contributed by atoms with van der Waals surface area (Å²) in [4.78, 5) is 12.8. The van der Waals surface area contributed by atoms with E-state index in [1.54, 1.807) is 11.8 Å². The molecule has 4 heteroatoms. The number of nitrogens with two attached hydrogens (primary N) is 1. The molecule has 0 rings (SSSR count). The Morgan fingerprint density at radius 2 is 2.08 bits per heavy atom. The maximum Gasteiger partial charge on any atom is 0.409 e. The lowest BCUT2D eigenvalue weighted by Gasteiger charge is -2.19. The van der Waals surface area contributed by atoms with Gasteiger partial charge >= 0.3 is 6.09 Å². The van der Waals surface area contributed by atoms with Gasteiger partial charge in [0, 0.05) is 19.6 Å². The van der Waals surface area contributed by atoms with Crippen LogP contribution in [0.3, 0.4) is 0 Å². The molecule has 0 aromatic rings. The second-order valence-electron chi connectivity index (χ2n) is 2.47. The topological polar surface area (TPSA) is 55.6 Å². The summed E-state index contributed by atoms with van der Waals surface area (Å²) < 4.78 is 4.84. The summed E-state index contributed by atoms with van der Waals surface area (Å²) in [5, 5.41) is 0. The number of rotatable bonds is 5. The van der Waals surface area contributed by atoms with Gasteiger partial charge in [0.25, 0.3) is 0 Å². The average Bonchev–Trinajstić information content (AvgIpc) is 2.04. The molecule has 0 heterocycles. The average molecular weight is 174 g/mol. The highest BCUT2D eigenvalue weighted by Gasteiger charge is 2.11. The van der Waals surface area contributed by atoms with Crippen molar-refractivity contribution in [2.24, 2.45) is 5.73 Å². The lowest BCUT2D eigenvalue weighted by Crippen LogP contribution is -2.36. The fourth-order valence-electron chi connectivity index (χ4n) is 0.935. The Balaban J connectivity index is 3.81. The highest BCUT2D eigenvalue weighted by atomic mass is 16.6. The molecule has 0 fully saturated rings. The molecule has 1 amide bonds. The molecule has 0 spiro atoms. The lowest BCUT2D eigenvalue weighted by molar-refractivity contribution is 0.108. The van der Waals surface area contributed by atoms with Gasteiger partial charge in [0.2, 0.25) is 0 Å². The van der Waals surface area contributed by atoms with E-state index in [1.807, 2.05) is 6.92 Å². The number of nitrogens with zero attached hydrogens (tertiary/aromatic N) is 1. The highest BCUT2D eigenvalue weighted by molar-refractivity contribution is 5.67. The maximum atomic E-state index is 11.2. The van der Waals surface area contributed by atoms with Crippen molar-refractivity contribution in [1.82, 2.24) is 4.90 Å². The fourth-order valence-corrected chi connectivity index (χ4v) is 0.935. The summed E-state index contributed by atoms with van der Waals surface area (Å²) in [5.74, 6) is 0. The first-order chi connectivity index (χ1) is 5.76. The molecule has 0 aliphatic heterocycles. The summed E-state index contributed by atoms with van der Waals surface area (Å²) in [6.07, 6.45) is 0.670. The Kier molecular flexibility index (Phi) is 6.47. The van der Waals surface area contributed by atoms with Gasteiger partial charge in [-0.15, -0.1) is 0 Å². The molecule has 0 saturated heterocycles. The molecule has 0 aromatic carbocycles. The van der Waals surface area contributed by atoms with Gasteiger partial charge in [-0.25, -0.2) is 4.79 Å². The van der Waals surface area contributed by atoms with Crippen LogP contribution < -0.4 is 5.73 Å². The molecule has 0 bridgehead atoms. The summed E-state index contributed by atoms with van der Waals surface area (Å²) in [7, 11) is 0. The van der Waals surface area contributed by atoms with E-state index in [4.69, 9.17) is 10.5 Å². The van der Waals surface area contributed by atoms with Crippen molar-refractivity contribution in [3.63, 3.8) is 0 Å². The Bertz CT molecular complexity index is 122. The van der Waals surface area contributed by atoms with Gasteiger partial charge in [-0.2, -0.15) is 0 Å². The number of amides is 1. The number of carbonyl (C=O) groups excluding carboxylic acids is 1. The normalized spacial score (nSPS) is 9.58. The van der Waals surface area contributed by atoms with Crippen LogP contribution in [0.4, 0.5) is 4.79 Å². The van der Waals surface area contributed by atoms with E-state index in [-0.39, 0.29) is 6.09 Å². The van der Waals surface area contributed by atoms with Gasteiger partial charge in [-0.05, 0) is 13.3 Å². The Hall–Kier alpha value is -0.770. The Morgan fingerprint density at radius 1 is 1.42 bits per heavy atom. The molecule has 0 aliphatic rings. The van der Waals surface area contributed by atoms with Gasteiger partial charge < -0.3 is 15.4 Å². The third-order valence-electron chi connectivity index (χ3n) is 1.42. The summed E-state index contributed by atoms with van der Waals surface area (Å²) in [6, 6.07) is 0. The summed E-state index contributed by atoms with van der Waals surface area (Å²) >= 11 is 0. The zero-order valence-corrected chi connectivity index (χ0v) is 7.88. The second-order valence-corrected chi connectivity index (χ2v) is 2.47. The molecule has 0 aliphatic carbocycles. The minimum Gasteiger partial charge on any atom is -0.450 e. The number of hydrogen-bond donors (Lipinski definition) is 1. The van der Waals surface area contributed by atoms with Gasteiger partial charge in [0.15, 0.2) is 0 Å². The Morgan fingerprint density at radius 3 is 2.50 bits per heavy atom. The van der Waals surface area contributed by atoms with Crippen molar-refractivity contribution < 1.29 is 9.53 Å². The van der Waals surface area contributed by atoms with Crippen LogP contribution in [0.5, 0.6) is 0 Å². The van der Waals surface area contributed by atoms with Crippen molar-refractivity contribution in [1.29, 1.82) is 0 Å². The van der Waals surface area contributed by atoms with Crippen LogP contribution in [0.15, 0.2) is 0 Å². The van der Waals surface area contributed by atoms with Crippen LogP contribution in [0, 0.1) is 0 Å². The zero-order chi connectivity index (χ0) is 9.40. The van der Waals surface area contributed by atoms with Crippen molar-refractivity contribution >= 4 is 6.09 Å². The van der Waals surface area contributed by atoms with Crippen molar-refractivity contribution in [3.05, 3.63) is 0 Å². The van der Waals surface area contributed by atoms with Gasteiger partial charge in [0.1, 0.15) is 0 Å². The van der Waals surface area contributed by atoms with Crippen molar-refractivity contribution in [2.45, 2.75) is 20.3 Å². The lowest BCUT2D eigenvalue weighted by atomic mass is 10.4. The van der Waals surface area contributed by atoms with Crippen LogP contribution in [-0.2, 0) is 4.74 Å².